The number of aromatic carboxylic acids is 1. The van der Waals surface area contributed by atoms with Crippen LogP contribution >= 0.6 is 0 Å². The van der Waals surface area contributed by atoms with Crippen LogP contribution in [0.4, 0.5) is 15.8 Å². The van der Waals surface area contributed by atoms with Gasteiger partial charge in [0.2, 0.25) is 5.91 Å². The molecular formula is C18H15FN2O4. The van der Waals surface area contributed by atoms with E-state index < -0.39 is 29.6 Å². The van der Waals surface area contributed by atoms with Crippen molar-refractivity contribution in [2.45, 2.75) is 19.4 Å². The summed E-state index contributed by atoms with van der Waals surface area (Å²) in [4.78, 5) is 37.1. The summed E-state index contributed by atoms with van der Waals surface area (Å²) < 4.78 is 13.3. The Kier molecular flexibility index (Phi) is 4.22. The molecule has 1 aliphatic rings. The molecule has 2 aromatic rings. The van der Waals surface area contributed by atoms with E-state index in [1.807, 2.05) is 0 Å². The zero-order chi connectivity index (χ0) is 18.1. The van der Waals surface area contributed by atoms with Crippen LogP contribution in [0.2, 0.25) is 0 Å². The van der Waals surface area contributed by atoms with Crippen LogP contribution in [-0.2, 0) is 9.59 Å². The highest BCUT2D eigenvalue weighted by Crippen LogP contribution is 2.29. The fourth-order valence-electron chi connectivity index (χ4n) is 2.76. The Bertz CT molecular complexity index is 881. The first-order chi connectivity index (χ1) is 11.9. The van der Waals surface area contributed by atoms with Crippen molar-refractivity contribution < 1.29 is 23.9 Å². The zero-order valence-corrected chi connectivity index (χ0v) is 13.3. The van der Waals surface area contributed by atoms with E-state index in [2.05, 4.69) is 5.32 Å². The molecule has 7 heteroatoms. The van der Waals surface area contributed by atoms with Gasteiger partial charge in [-0.05, 0) is 42.8 Å². The van der Waals surface area contributed by atoms with Crippen LogP contribution in [0.1, 0.15) is 22.3 Å². The molecule has 6 nitrogen and oxygen atoms in total. The normalized spacial score (nSPS) is 17.0. The lowest BCUT2D eigenvalue weighted by atomic mass is 10.1. The SMILES string of the molecule is Cc1ccc(C(=O)O)cc1N1C(=O)C[C@H](Nc2cccc(F)c2)C1=O. The number of halogens is 1. The van der Waals surface area contributed by atoms with Crippen molar-refractivity contribution in [2.24, 2.45) is 0 Å². The molecule has 2 aromatic carbocycles. The molecule has 1 saturated heterocycles. The molecule has 0 unspecified atom stereocenters. The number of carbonyl (C=O) groups excluding carboxylic acids is 2. The molecular weight excluding hydrogens is 327 g/mol. The summed E-state index contributed by atoms with van der Waals surface area (Å²) in [5.41, 5.74) is 1.24. The van der Waals surface area contributed by atoms with Gasteiger partial charge in [-0.3, -0.25) is 9.59 Å². The maximum Gasteiger partial charge on any atom is 0.335 e. The van der Waals surface area contributed by atoms with Gasteiger partial charge in [-0.1, -0.05) is 12.1 Å². The van der Waals surface area contributed by atoms with Crippen molar-refractivity contribution in [3.63, 3.8) is 0 Å². The van der Waals surface area contributed by atoms with Gasteiger partial charge in [-0.15, -0.1) is 0 Å². The Morgan fingerprint density at radius 3 is 2.68 bits per heavy atom. The minimum absolute atomic E-state index is 0.0114. The first-order valence-corrected chi connectivity index (χ1v) is 7.59. The van der Waals surface area contributed by atoms with Crippen molar-refractivity contribution in [1.82, 2.24) is 0 Å². The molecule has 25 heavy (non-hydrogen) atoms. The number of nitrogens with one attached hydrogen (secondary N) is 1. The van der Waals surface area contributed by atoms with E-state index in [-0.39, 0.29) is 17.7 Å². The number of carboxylic acids is 1. The molecule has 0 spiro atoms. The third kappa shape index (κ3) is 3.21. The predicted molar refractivity (Wildman–Crippen MR) is 89.1 cm³/mol. The summed E-state index contributed by atoms with van der Waals surface area (Å²) in [5.74, 6) is -2.54. The molecule has 0 radical (unpaired) electrons. The number of benzene rings is 2. The first-order valence-electron chi connectivity index (χ1n) is 7.59. The second-order valence-electron chi connectivity index (χ2n) is 5.79. The Morgan fingerprint density at radius 1 is 1.24 bits per heavy atom. The number of anilines is 2. The molecule has 0 aliphatic carbocycles. The highest BCUT2D eigenvalue weighted by molar-refractivity contribution is 6.23. The van der Waals surface area contributed by atoms with Crippen LogP contribution < -0.4 is 10.2 Å². The summed E-state index contributed by atoms with van der Waals surface area (Å²) in [5, 5.41) is 12.0. The number of imide groups is 1. The van der Waals surface area contributed by atoms with Crippen molar-refractivity contribution >= 4 is 29.2 Å². The predicted octanol–water partition coefficient (Wildman–Crippen LogP) is 2.58. The van der Waals surface area contributed by atoms with E-state index in [0.29, 0.717) is 11.3 Å². The lowest BCUT2D eigenvalue weighted by molar-refractivity contribution is -0.121. The lowest BCUT2D eigenvalue weighted by Crippen LogP contribution is -2.35. The van der Waals surface area contributed by atoms with Crippen molar-refractivity contribution in [1.29, 1.82) is 0 Å². The van der Waals surface area contributed by atoms with Crippen LogP contribution in [0, 0.1) is 12.7 Å². The zero-order valence-electron chi connectivity index (χ0n) is 13.3. The monoisotopic (exact) mass is 342 g/mol. The minimum Gasteiger partial charge on any atom is -0.478 e. The maximum absolute atomic E-state index is 13.3. The van der Waals surface area contributed by atoms with Gasteiger partial charge in [0.05, 0.1) is 17.7 Å². The molecule has 0 saturated carbocycles. The largest absolute Gasteiger partial charge is 0.478 e. The van der Waals surface area contributed by atoms with Crippen molar-refractivity contribution in [2.75, 3.05) is 10.2 Å². The van der Waals surface area contributed by atoms with E-state index in [9.17, 15) is 18.8 Å². The Balaban J connectivity index is 1.89. The molecule has 2 amide bonds. The summed E-state index contributed by atoms with van der Waals surface area (Å²) in [7, 11) is 0. The summed E-state index contributed by atoms with van der Waals surface area (Å²) >= 11 is 0. The number of hydrogen-bond donors (Lipinski definition) is 2. The van der Waals surface area contributed by atoms with Crippen LogP contribution in [0.3, 0.4) is 0 Å². The van der Waals surface area contributed by atoms with E-state index in [4.69, 9.17) is 5.11 Å². The van der Waals surface area contributed by atoms with E-state index in [1.54, 1.807) is 19.1 Å². The molecule has 1 fully saturated rings. The van der Waals surface area contributed by atoms with E-state index in [0.717, 1.165) is 4.90 Å². The second kappa shape index (κ2) is 6.35. The highest BCUT2D eigenvalue weighted by Gasteiger charge is 2.40. The summed E-state index contributed by atoms with van der Waals surface area (Å²) in [6.07, 6.45) is -0.0912. The average Bonchev–Trinajstić information content (AvgIpc) is 2.82. The lowest BCUT2D eigenvalue weighted by Gasteiger charge is -2.18. The summed E-state index contributed by atoms with van der Waals surface area (Å²) in [6, 6.07) is 9.04. The van der Waals surface area contributed by atoms with Gasteiger partial charge >= 0.3 is 5.97 Å². The Morgan fingerprint density at radius 2 is 2.00 bits per heavy atom. The molecule has 1 heterocycles. The fourth-order valence-corrected chi connectivity index (χ4v) is 2.76. The molecule has 3 rings (SSSR count). The van der Waals surface area contributed by atoms with Crippen LogP contribution in [0.15, 0.2) is 42.5 Å². The average molecular weight is 342 g/mol. The number of carboxylic acid groups (broad SMARTS) is 1. The van der Waals surface area contributed by atoms with Gasteiger partial charge in [-0.2, -0.15) is 0 Å². The van der Waals surface area contributed by atoms with Gasteiger partial charge in [0.15, 0.2) is 0 Å². The van der Waals surface area contributed by atoms with Gasteiger partial charge in [0.25, 0.3) is 5.91 Å². The van der Waals surface area contributed by atoms with Gasteiger partial charge in [0, 0.05) is 5.69 Å². The van der Waals surface area contributed by atoms with Gasteiger partial charge < -0.3 is 10.4 Å². The molecule has 2 N–H and O–H groups in total. The van der Waals surface area contributed by atoms with Crippen LogP contribution in [0.5, 0.6) is 0 Å². The topological polar surface area (TPSA) is 86.7 Å². The quantitative estimate of drug-likeness (QED) is 0.834. The molecule has 0 aromatic heterocycles. The number of hydrogen-bond acceptors (Lipinski definition) is 4. The Hall–Kier alpha value is -3.22. The van der Waals surface area contributed by atoms with Gasteiger partial charge in [0.1, 0.15) is 11.9 Å². The van der Waals surface area contributed by atoms with Crippen LogP contribution in [-0.4, -0.2) is 28.9 Å². The van der Waals surface area contributed by atoms with Crippen LogP contribution in [0.25, 0.3) is 0 Å². The highest BCUT2D eigenvalue weighted by atomic mass is 19.1. The number of aryl methyl sites for hydroxylation is 1. The molecule has 1 aliphatic heterocycles. The molecule has 1 atom stereocenters. The molecule has 128 valence electrons. The van der Waals surface area contributed by atoms with E-state index in [1.165, 1.54) is 30.3 Å². The third-order valence-electron chi connectivity index (χ3n) is 4.01. The number of amides is 2. The maximum atomic E-state index is 13.3. The first kappa shape index (κ1) is 16.6. The van der Waals surface area contributed by atoms with E-state index >= 15 is 0 Å². The standard InChI is InChI=1S/C18H15FN2O4/c1-10-5-6-11(18(24)25)7-15(10)21-16(22)9-14(17(21)23)20-13-4-2-3-12(19)8-13/h2-8,14,20H,9H2,1H3,(H,24,25)/t14-/m0/s1. The van der Waals surface area contributed by atoms with Gasteiger partial charge in [-0.25, -0.2) is 14.1 Å². The number of rotatable bonds is 4. The third-order valence-corrected chi connectivity index (χ3v) is 4.01. The number of nitrogens with zero attached hydrogens (tertiary/aromatic N) is 1. The minimum atomic E-state index is -1.14. The number of carbonyl (C=O) groups is 3. The smallest absolute Gasteiger partial charge is 0.335 e. The molecule has 0 bridgehead atoms. The van der Waals surface area contributed by atoms with Crippen molar-refractivity contribution in [3.8, 4) is 0 Å². The Labute approximate surface area is 142 Å². The fraction of sp³-hybridized carbons (Fsp3) is 0.167. The second-order valence-corrected chi connectivity index (χ2v) is 5.79. The van der Waals surface area contributed by atoms with Crippen molar-refractivity contribution in [3.05, 3.63) is 59.4 Å². The summed E-state index contributed by atoms with van der Waals surface area (Å²) in [6.45, 7) is 1.69.